The molecule has 1 N–H and O–H groups in total. The van der Waals surface area contributed by atoms with E-state index in [0.717, 1.165) is 16.7 Å². The van der Waals surface area contributed by atoms with Crippen molar-refractivity contribution in [1.82, 2.24) is 4.90 Å². The van der Waals surface area contributed by atoms with Gasteiger partial charge in [0, 0.05) is 12.2 Å². The van der Waals surface area contributed by atoms with Crippen LogP contribution in [0.3, 0.4) is 0 Å². The lowest BCUT2D eigenvalue weighted by atomic mass is 10.2. The van der Waals surface area contributed by atoms with E-state index in [4.69, 9.17) is 9.47 Å². The molecule has 1 heterocycles. The SMILES string of the molecule is C=CCN1C(=O)S/C(=C/c2cc(I)c(OCC(=O)Nc3ccccc3)c(OCC)c2)C1=O. The van der Waals surface area contributed by atoms with Gasteiger partial charge in [0.05, 0.1) is 15.1 Å². The van der Waals surface area contributed by atoms with Gasteiger partial charge in [-0.2, -0.15) is 0 Å². The van der Waals surface area contributed by atoms with E-state index in [1.54, 1.807) is 30.3 Å². The van der Waals surface area contributed by atoms with E-state index in [1.165, 1.54) is 6.08 Å². The zero-order chi connectivity index (χ0) is 23.1. The third kappa shape index (κ3) is 5.92. The Labute approximate surface area is 204 Å². The van der Waals surface area contributed by atoms with Crippen molar-refractivity contribution in [3.05, 3.63) is 69.2 Å². The van der Waals surface area contributed by atoms with Gasteiger partial charge in [-0.3, -0.25) is 19.3 Å². The number of hydrogen-bond acceptors (Lipinski definition) is 6. The molecule has 0 atom stereocenters. The quantitative estimate of drug-likeness (QED) is 0.264. The summed E-state index contributed by atoms with van der Waals surface area (Å²) in [5, 5.41) is 2.44. The normalized spacial score (nSPS) is 14.6. The lowest BCUT2D eigenvalue weighted by Gasteiger charge is -2.15. The summed E-state index contributed by atoms with van der Waals surface area (Å²) in [6.07, 6.45) is 3.15. The maximum Gasteiger partial charge on any atom is 0.293 e. The number of carbonyl (C=O) groups is 3. The van der Waals surface area contributed by atoms with Gasteiger partial charge in [0.1, 0.15) is 0 Å². The molecule has 9 heteroatoms. The largest absolute Gasteiger partial charge is 0.490 e. The van der Waals surface area contributed by atoms with Gasteiger partial charge in [0.2, 0.25) is 0 Å². The number of imide groups is 1. The molecule has 2 aromatic rings. The lowest BCUT2D eigenvalue weighted by Crippen LogP contribution is -2.27. The maximum atomic E-state index is 12.5. The van der Waals surface area contributed by atoms with Crippen molar-refractivity contribution in [1.29, 1.82) is 0 Å². The number of rotatable bonds is 9. The van der Waals surface area contributed by atoms with Crippen LogP contribution in [-0.2, 0) is 9.59 Å². The second-order valence-corrected chi connectivity index (χ2v) is 8.70. The molecule has 3 rings (SSSR count). The summed E-state index contributed by atoms with van der Waals surface area (Å²) in [5.74, 6) is 0.233. The minimum Gasteiger partial charge on any atom is -0.490 e. The van der Waals surface area contributed by atoms with Gasteiger partial charge in [-0.1, -0.05) is 24.3 Å². The van der Waals surface area contributed by atoms with Crippen LogP contribution in [0, 0.1) is 3.57 Å². The number of thioether (sulfide) groups is 1. The highest BCUT2D eigenvalue weighted by molar-refractivity contribution is 14.1. The third-order valence-electron chi connectivity index (χ3n) is 4.22. The summed E-state index contributed by atoms with van der Waals surface area (Å²) in [4.78, 5) is 38.2. The Kier molecular flexibility index (Phi) is 8.34. The van der Waals surface area contributed by atoms with Gasteiger partial charge >= 0.3 is 0 Å². The van der Waals surface area contributed by atoms with Crippen molar-refractivity contribution in [3.63, 3.8) is 0 Å². The highest BCUT2D eigenvalue weighted by Gasteiger charge is 2.34. The molecule has 1 aliphatic rings. The first-order chi connectivity index (χ1) is 15.4. The molecule has 32 heavy (non-hydrogen) atoms. The summed E-state index contributed by atoms with van der Waals surface area (Å²) < 4.78 is 12.2. The van der Waals surface area contributed by atoms with E-state index in [2.05, 4.69) is 34.5 Å². The summed E-state index contributed by atoms with van der Waals surface area (Å²) in [6.45, 7) is 5.78. The van der Waals surface area contributed by atoms with Crippen molar-refractivity contribution in [2.45, 2.75) is 6.92 Å². The maximum absolute atomic E-state index is 12.5. The highest BCUT2D eigenvalue weighted by Crippen LogP contribution is 2.37. The van der Waals surface area contributed by atoms with Gasteiger partial charge in [0.15, 0.2) is 18.1 Å². The minimum atomic E-state index is -0.356. The van der Waals surface area contributed by atoms with Crippen LogP contribution in [0.25, 0.3) is 6.08 Å². The van der Waals surface area contributed by atoms with Crippen LogP contribution in [-0.4, -0.2) is 41.7 Å². The van der Waals surface area contributed by atoms with Crippen molar-refractivity contribution in [3.8, 4) is 11.5 Å². The molecule has 0 aliphatic carbocycles. The average Bonchev–Trinajstić information content (AvgIpc) is 3.02. The average molecular weight is 564 g/mol. The summed E-state index contributed by atoms with van der Waals surface area (Å²) in [7, 11) is 0. The van der Waals surface area contributed by atoms with Crippen molar-refractivity contribution in [2.24, 2.45) is 0 Å². The Balaban J connectivity index is 1.77. The first-order valence-corrected chi connectivity index (χ1v) is 11.6. The predicted octanol–water partition coefficient (Wildman–Crippen LogP) is 4.93. The first-order valence-electron chi connectivity index (χ1n) is 9.73. The molecule has 166 valence electrons. The van der Waals surface area contributed by atoms with E-state index < -0.39 is 0 Å². The predicted molar refractivity (Wildman–Crippen MR) is 134 cm³/mol. The van der Waals surface area contributed by atoms with Crippen LogP contribution in [0.4, 0.5) is 10.5 Å². The zero-order valence-electron chi connectivity index (χ0n) is 17.3. The van der Waals surface area contributed by atoms with E-state index in [0.29, 0.717) is 37.8 Å². The Morgan fingerprint density at radius 3 is 2.66 bits per heavy atom. The van der Waals surface area contributed by atoms with Gasteiger partial charge in [-0.05, 0) is 77.2 Å². The monoisotopic (exact) mass is 564 g/mol. The fourth-order valence-corrected chi connectivity index (χ4v) is 4.50. The number of halogens is 1. The first kappa shape index (κ1) is 23.9. The Morgan fingerprint density at radius 2 is 1.97 bits per heavy atom. The van der Waals surface area contributed by atoms with Crippen LogP contribution < -0.4 is 14.8 Å². The molecule has 0 bridgehead atoms. The molecule has 0 unspecified atom stereocenters. The number of benzene rings is 2. The number of para-hydroxylation sites is 1. The second kappa shape index (κ2) is 11.2. The van der Waals surface area contributed by atoms with Gasteiger partial charge in [0.25, 0.3) is 17.1 Å². The van der Waals surface area contributed by atoms with Gasteiger partial charge in [-0.25, -0.2) is 0 Å². The Morgan fingerprint density at radius 1 is 1.22 bits per heavy atom. The fourth-order valence-electron chi connectivity index (χ4n) is 2.87. The molecule has 0 spiro atoms. The summed E-state index contributed by atoms with van der Waals surface area (Å²) in [6, 6.07) is 12.6. The smallest absolute Gasteiger partial charge is 0.293 e. The second-order valence-electron chi connectivity index (χ2n) is 6.55. The van der Waals surface area contributed by atoms with Crippen LogP contribution in [0.5, 0.6) is 11.5 Å². The minimum absolute atomic E-state index is 0.168. The van der Waals surface area contributed by atoms with Crippen LogP contribution in [0.1, 0.15) is 12.5 Å². The molecule has 0 aromatic heterocycles. The molecule has 1 aliphatic heterocycles. The Bertz CT molecular complexity index is 1070. The molecule has 3 amide bonds. The topological polar surface area (TPSA) is 84.9 Å². The Hall–Kier alpha value is -2.79. The highest BCUT2D eigenvalue weighted by atomic mass is 127. The van der Waals surface area contributed by atoms with Crippen molar-refractivity contribution < 1.29 is 23.9 Å². The molecule has 0 radical (unpaired) electrons. The summed E-state index contributed by atoms with van der Waals surface area (Å²) in [5.41, 5.74) is 1.37. The van der Waals surface area contributed by atoms with E-state index in [9.17, 15) is 14.4 Å². The van der Waals surface area contributed by atoms with Crippen LogP contribution in [0.2, 0.25) is 0 Å². The van der Waals surface area contributed by atoms with Gasteiger partial charge in [-0.15, -0.1) is 6.58 Å². The summed E-state index contributed by atoms with van der Waals surface area (Å²) >= 11 is 2.97. The molecular weight excluding hydrogens is 543 g/mol. The molecular formula is C23H21IN2O5S. The van der Waals surface area contributed by atoms with Crippen LogP contribution in [0.15, 0.2) is 60.0 Å². The fraction of sp³-hybridized carbons (Fsp3) is 0.174. The number of anilines is 1. The van der Waals surface area contributed by atoms with Gasteiger partial charge < -0.3 is 14.8 Å². The molecule has 1 saturated heterocycles. The van der Waals surface area contributed by atoms with Crippen LogP contribution >= 0.6 is 34.4 Å². The molecule has 1 fully saturated rings. The van der Waals surface area contributed by atoms with E-state index in [1.807, 2.05) is 25.1 Å². The molecule has 7 nitrogen and oxygen atoms in total. The van der Waals surface area contributed by atoms with E-state index >= 15 is 0 Å². The van der Waals surface area contributed by atoms with E-state index in [-0.39, 0.29) is 30.2 Å². The number of nitrogens with one attached hydrogen (secondary N) is 1. The zero-order valence-corrected chi connectivity index (χ0v) is 20.3. The standard InChI is InChI=1S/C23H21IN2O5S/c1-3-10-26-22(28)19(32-23(26)29)13-15-11-17(24)21(18(12-15)30-4-2)31-14-20(27)25-16-8-6-5-7-9-16/h3,5-9,11-13H,1,4,10,14H2,2H3,(H,25,27)/b19-13+. The number of nitrogens with zero attached hydrogens (tertiary/aromatic N) is 1. The lowest BCUT2D eigenvalue weighted by molar-refractivity contribution is -0.122. The number of hydrogen-bond donors (Lipinski definition) is 1. The number of carbonyl (C=O) groups excluding carboxylic acids is 3. The molecule has 0 saturated carbocycles. The van der Waals surface area contributed by atoms with Crippen molar-refractivity contribution in [2.75, 3.05) is 25.1 Å². The number of amides is 3. The third-order valence-corrected chi connectivity index (χ3v) is 5.93. The van der Waals surface area contributed by atoms with Crippen molar-refractivity contribution >= 4 is 63.2 Å². The molecule has 2 aromatic carbocycles. The number of ether oxygens (including phenoxy) is 2.